The predicted octanol–water partition coefficient (Wildman–Crippen LogP) is 1.73. The Morgan fingerprint density at radius 2 is 1.36 bits per heavy atom. The summed E-state index contributed by atoms with van der Waals surface area (Å²) in [5, 5.41) is 6.90. The van der Waals surface area contributed by atoms with E-state index in [0.717, 1.165) is 61.4 Å². The molecule has 0 bridgehead atoms. The van der Waals surface area contributed by atoms with Crippen molar-refractivity contribution >= 4 is 46.1 Å². The number of rotatable bonds is 10. The molecule has 19 nitrogen and oxygen atoms in total. The second kappa shape index (κ2) is 14.4. The Hall–Kier alpha value is -5.66. The molecule has 6 aromatic rings. The van der Waals surface area contributed by atoms with Gasteiger partial charge in [-0.15, -0.1) is 0 Å². The molecule has 9 heterocycles. The van der Waals surface area contributed by atoms with Crippen LogP contribution in [0, 0.1) is 0 Å². The van der Waals surface area contributed by atoms with E-state index in [9.17, 15) is 0 Å². The summed E-state index contributed by atoms with van der Waals surface area (Å²) in [6.45, 7) is 9.87. The number of imidazole rings is 2. The van der Waals surface area contributed by atoms with E-state index in [-0.39, 0.29) is 18.0 Å². The van der Waals surface area contributed by atoms with E-state index >= 15 is 0 Å². The molecule has 3 aliphatic heterocycles. The second-order valence-corrected chi connectivity index (χ2v) is 13.3. The Balaban J connectivity index is 0.995. The first-order valence-electron chi connectivity index (χ1n) is 18.1. The number of aromatic nitrogens is 12. The van der Waals surface area contributed by atoms with Gasteiger partial charge in [-0.1, -0.05) is 6.92 Å². The van der Waals surface area contributed by atoms with Crippen LogP contribution in [0.4, 0.5) is 23.8 Å². The minimum Gasteiger partial charge on any atom is -0.378 e. The lowest BCUT2D eigenvalue weighted by Crippen LogP contribution is -2.37. The van der Waals surface area contributed by atoms with Gasteiger partial charge in [-0.25, -0.2) is 39.9 Å². The van der Waals surface area contributed by atoms with Crippen molar-refractivity contribution in [3.63, 3.8) is 0 Å². The molecule has 0 aliphatic carbocycles. The monoisotopic (exact) mass is 719 g/mol. The SMILES string of the molecule is CCC(CNc1ncc(-c2nc(N3CCOCC3)nc3c2ncn3C2CCNC2)cn1)n1cnc2c(-c3cnc(N)nc3)nc(N3CCOCC3)nc21. The lowest BCUT2D eigenvalue weighted by molar-refractivity contribution is 0.122. The van der Waals surface area contributed by atoms with Gasteiger partial charge in [-0.05, 0) is 19.4 Å². The summed E-state index contributed by atoms with van der Waals surface area (Å²) in [6.07, 6.45) is 12.5. The predicted molar refractivity (Wildman–Crippen MR) is 198 cm³/mol. The summed E-state index contributed by atoms with van der Waals surface area (Å²) in [5.41, 5.74) is 11.6. The van der Waals surface area contributed by atoms with Crippen molar-refractivity contribution in [3.05, 3.63) is 37.4 Å². The van der Waals surface area contributed by atoms with Crippen molar-refractivity contribution in [3.8, 4) is 22.5 Å². The number of anilines is 4. The molecule has 0 amide bonds. The molecule has 0 spiro atoms. The van der Waals surface area contributed by atoms with Gasteiger partial charge in [0.15, 0.2) is 11.3 Å². The van der Waals surface area contributed by atoms with Crippen LogP contribution < -0.4 is 26.2 Å². The molecule has 9 rings (SSSR count). The van der Waals surface area contributed by atoms with Crippen LogP contribution in [0.2, 0.25) is 0 Å². The molecular formula is C34H41N17O2. The van der Waals surface area contributed by atoms with Gasteiger partial charge < -0.3 is 44.8 Å². The van der Waals surface area contributed by atoms with Gasteiger partial charge in [-0.2, -0.15) is 9.97 Å². The molecule has 53 heavy (non-hydrogen) atoms. The molecule has 274 valence electrons. The highest BCUT2D eigenvalue weighted by molar-refractivity contribution is 5.89. The van der Waals surface area contributed by atoms with E-state index in [2.05, 4.69) is 46.5 Å². The van der Waals surface area contributed by atoms with Crippen LogP contribution in [0.15, 0.2) is 37.4 Å². The normalized spacial score (nSPS) is 18.6. The summed E-state index contributed by atoms with van der Waals surface area (Å²) >= 11 is 0. The molecule has 19 heteroatoms. The van der Waals surface area contributed by atoms with Gasteiger partial charge in [0.1, 0.15) is 22.4 Å². The number of hydrogen-bond acceptors (Lipinski definition) is 17. The van der Waals surface area contributed by atoms with E-state index in [0.29, 0.717) is 86.4 Å². The molecule has 3 fully saturated rings. The van der Waals surface area contributed by atoms with E-state index in [1.807, 2.05) is 12.7 Å². The summed E-state index contributed by atoms with van der Waals surface area (Å²) in [4.78, 5) is 51.7. The summed E-state index contributed by atoms with van der Waals surface area (Å²) < 4.78 is 15.5. The Morgan fingerprint density at radius 3 is 1.96 bits per heavy atom. The first kappa shape index (κ1) is 33.2. The van der Waals surface area contributed by atoms with Crippen molar-refractivity contribution in [2.75, 3.05) is 93.1 Å². The number of hydrogen-bond donors (Lipinski definition) is 3. The Kier molecular flexibility index (Phi) is 9.02. The third-order valence-corrected chi connectivity index (χ3v) is 10.1. The van der Waals surface area contributed by atoms with E-state index in [4.69, 9.17) is 55.1 Å². The zero-order valence-electron chi connectivity index (χ0n) is 29.5. The lowest BCUT2D eigenvalue weighted by atomic mass is 10.2. The number of nitrogens with two attached hydrogens (primary N) is 1. The third kappa shape index (κ3) is 6.51. The van der Waals surface area contributed by atoms with Crippen molar-refractivity contribution < 1.29 is 9.47 Å². The summed E-state index contributed by atoms with van der Waals surface area (Å²) in [7, 11) is 0. The van der Waals surface area contributed by atoms with E-state index < -0.39 is 0 Å². The highest BCUT2D eigenvalue weighted by Crippen LogP contribution is 2.32. The molecule has 6 aromatic heterocycles. The number of nitrogens with zero attached hydrogens (tertiary/aromatic N) is 14. The van der Waals surface area contributed by atoms with Crippen LogP contribution in [-0.4, -0.2) is 131 Å². The molecule has 0 saturated carbocycles. The minimum absolute atomic E-state index is 0.0159. The van der Waals surface area contributed by atoms with E-state index in [1.165, 1.54) is 0 Å². The molecule has 3 aliphatic rings. The topological polar surface area (TPSA) is 214 Å². The zero-order chi connectivity index (χ0) is 35.7. The molecule has 0 radical (unpaired) electrons. The third-order valence-electron chi connectivity index (χ3n) is 10.1. The van der Waals surface area contributed by atoms with Crippen LogP contribution in [0.1, 0.15) is 31.8 Å². The highest BCUT2D eigenvalue weighted by Gasteiger charge is 2.26. The van der Waals surface area contributed by atoms with Crippen LogP contribution in [0.3, 0.4) is 0 Å². The Morgan fingerprint density at radius 1 is 0.774 bits per heavy atom. The lowest BCUT2D eigenvalue weighted by Gasteiger charge is -2.27. The fourth-order valence-corrected chi connectivity index (χ4v) is 7.08. The highest BCUT2D eigenvalue weighted by atomic mass is 16.5. The fraction of sp³-hybridized carbons (Fsp3) is 0.471. The Labute approximate surface area is 304 Å². The maximum Gasteiger partial charge on any atom is 0.228 e. The van der Waals surface area contributed by atoms with Gasteiger partial charge in [0.2, 0.25) is 23.8 Å². The quantitative estimate of drug-likeness (QED) is 0.184. The van der Waals surface area contributed by atoms with Crippen LogP contribution in [-0.2, 0) is 9.47 Å². The number of nitrogens with one attached hydrogen (secondary N) is 2. The van der Waals surface area contributed by atoms with Gasteiger partial charge in [0.25, 0.3) is 0 Å². The first-order valence-corrected chi connectivity index (χ1v) is 18.1. The summed E-state index contributed by atoms with van der Waals surface area (Å²) in [5.74, 6) is 1.97. The van der Waals surface area contributed by atoms with Crippen molar-refractivity contribution in [1.82, 2.24) is 64.3 Å². The zero-order valence-corrected chi connectivity index (χ0v) is 29.5. The average molecular weight is 720 g/mol. The molecule has 4 N–H and O–H groups in total. The smallest absolute Gasteiger partial charge is 0.228 e. The minimum atomic E-state index is -0.0159. The number of ether oxygens (including phenoxy) is 2. The van der Waals surface area contributed by atoms with Crippen LogP contribution >= 0.6 is 0 Å². The van der Waals surface area contributed by atoms with Gasteiger partial charge in [-0.3, -0.25) is 0 Å². The standard InChI is InChI=1S/C34H41N17O2/c1-2-23(50-19-42-27-25(21-13-37-31(35)38-14-21)44-33(46-29(27)50)48-5-9-52-10-6-48)18-41-32-39-15-22(16-40-32)26-28-30(51(20-43-28)24-3-4-36-17-24)47-34(45-26)49-7-11-53-12-8-49/h13-16,19-20,23-24,36H,2-12,17-18H2,1H3,(H2,35,37,38)(H,39,40,41). The second-order valence-electron chi connectivity index (χ2n) is 13.3. The number of fused-ring (bicyclic) bond motifs is 2. The van der Waals surface area contributed by atoms with Gasteiger partial charge in [0.05, 0.1) is 51.2 Å². The van der Waals surface area contributed by atoms with Crippen LogP contribution in [0.5, 0.6) is 0 Å². The average Bonchev–Trinajstić information content (AvgIpc) is 4.00. The van der Waals surface area contributed by atoms with Crippen molar-refractivity contribution in [1.29, 1.82) is 0 Å². The molecule has 2 atom stereocenters. The first-order chi connectivity index (χ1) is 26.1. The Bertz CT molecular complexity index is 2190. The van der Waals surface area contributed by atoms with Crippen molar-refractivity contribution in [2.24, 2.45) is 0 Å². The molecule has 0 aromatic carbocycles. The number of morpholine rings is 2. The number of nitrogen functional groups attached to an aromatic ring is 1. The molecular weight excluding hydrogens is 678 g/mol. The van der Waals surface area contributed by atoms with Crippen molar-refractivity contribution in [2.45, 2.75) is 31.8 Å². The van der Waals surface area contributed by atoms with Crippen LogP contribution in [0.25, 0.3) is 44.8 Å². The largest absolute Gasteiger partial charge is 0.378 e. The maximum atomic E-state index is 5.79. The maximum absolute atomic E-state index is 5.79. The van der Waals surface area contributed by atoms with E-state index in [1.54, 1.807) is 24.8 Å². The molecule has 2 unspecified atom stereocenters. The fourth-order valence-electron chi connectivity index (χ4n) is 7.08. The van der Waals surface area contributed by atoms with Gasteiger partial charge >= 0.3 is 0 Å². The summed E-state index contributed by atoms with van der Waals surface area (Å²) in [6, 6.07) is 0.274. The molecule has 3 saturated heterocycles. The van der Waals surface area contributed by atoms with Gasteiger partial charge in [0, 0.05) is 75.2 Å².